The molecule has 0 aliphatic rings. The molecule has 0 heterocycles. The Balaban J connectivity index is 2.78. The van der Waals surface area contributed by atoms with E-state index in [0.717, 1.165) is 16.7 Å². The van der Waals surface area contributed by atoms with Crippen molar-refractivity contribution in [1.29, 1.82) is 0 Å². The highest BCUT2D eigenvalue weighted by Crippen LogP contribution is 2.16. The summed E-state index contributed by atoms with van der Waals surface area (Å²) in [6.07, 6.45) is 0. The first kappa shape index (κ1) is 16.7. The molecule has 1 amide bonds. The highest BCUT2D eigenvalue weighted by Gasteiger charge is 2.23. The minimum atomic E-state index is -0.939. The third-order valence-electron chi connectivity index (χ3n) is 3.19. The summed E-state index contributed by atoms with van der Waals surface area (Å²) in [6, 6.07) is 4.00. The Morgan fingerprint density at radius 3 is 2.20 bits per heavy atom. The maximum absolute atomic E-state index is 12.3. The van der Waals surface area contributed by atoms with E-state index in [0.29, 0.717) is 12.1 Å². The van der Waals surface area contributed by atoms with Gasteiger partial charge in [-0.3, -0.25) is 4.79 Å². The fraction of sp³-hybridized carbons (Fsp3) is 0.562. The first-order valence-corrected chi connectivity index (χ1v) is 6.85. The van der Waals surface area contributed by atoms with Gasteiger partial charge >= 0.3 is 0 Å². The van der Waals surface area contributed by atoms with Crippen LogP contribution in [0.2, 0.25) is 0 Å². The number of carbonyl (C=O) groups is 1. The highest BCUT2D eigenvalue weighted by atomic mass is 16.3. The van der Waals surface area contributed by atoms with E-state index in [1.807, 2.05) is 51.9 Å². The van der Waals surface area contributed by atoms with E-state index in [4.69, 9.17) is 0 Å². The summed E-state index contributed by atoms with van der Waals surface area (Å²) in [5.74, 6) is -0.126. The maximum Gasteiger partial charge on any atom is 0.251 e. The summed E-state index contributed by atoms with van der Waals surface area (Å²) >= 11 is 0. The van der Waals surface area contributed by atoms with E-state index >= 15 is 0 Å². The topological polar surface area (TPSA) is 52.6 Å². The third-order valence-corrected chi connectivity index (χ3v) is 3.19. The fourth-order valence-corrected chi connectivity index (χ4v) is 2.63. The molecule has 0 bridgehead atoms. The van der Waals surface area contributed by atoms with E-state index in [9.17, 15) is 9.90 Å². The monoisotopic (exact) mass is 278 g/mol. The van der Waals surface area contributed by atoms with Gasteiger partial charge in [0, 0.05) is 18.7 Å². The van der Waals surface area contributed by atoms with Gasteiger partial charge in [-0.15, -0.1) is 0 Å². The first-order chi connectivity index (χ1) is 9.12. The van der Waals surface area contributed by atoms with Crippen molar-refractivity contribution in [2.24, 2.45) is 0 Å². The van der Waals surface area contributed by atoms with Gasteiger partial charge in [0.25, 0.3) is 5.91 Å². The Labute approximate surface area is 121 Å². The molecule has 0 radical (unpaired) electrons. The van der Waals surface area contributed by atoms with Gasteiger partial charge in [0.2, 0.25) is 0 Å². The number of carbonyl (C=O) groups excluding carboxylic acids is 1. The zero-order chi connectivity index (χ0) is 15.5. The van der Waals surface area contributed by atoms with Crippen molar-refractivity contribution >= 4 is 5.91 Å². The number of nitrogens with zero attached hydrogens (tertiary/aromatic N) is 1. The molecule has 0 saturated heterocycles. The van der Waals surface area contributed by atoms with Gasteiger partial charge in [0.05, 0.1) is 5.60 Å². The lowest BCUT2D eigenvalue weighted by Crippen LogP contribution is -2.47. The van der Waals surface area contributed by atoms with Crippen LogP contribution < -0.4 is 5.32 Å². The van der Waals surface area contributed by atoms with Crippen LogP contribution in [0.1, 0.15) is 34.0 Å². The van der Waals surface area contributed by atoms with E-state index in [2.05, 4.69) is 5.32 Å². The van der Waals surface area contributed by atoms with Crippen LogP contribution in [0.5, 0.6) is 0 Å². The molecule has 0 aliphatic heterocycles. The average Bonchev–Trinajstić information content (AvgIpc) is 2.23. The number of nitrogens with one attached hydrogen (secondary N) is 1. The van der Waals surface area contributed by atoms with Crippen LogP contribution in [0.25, 0.3) is 0 Å². The van der Waals surface area contributed by atoms with Crippen molar-refractivity contribution in [3.63, 3.8) is 0 Å². The molecule has 112 valence electrons. The predicted octanol–water partition coefficient (Wildman–Crippen LogP) is 1.65. The maximum atomic E-state index is 12.3. The number of hydrogen-bond donors (Lipinski definition) is 2. The molecular weight excluding hydrogens is 252 g/mol. The number of aliphatic hydroxyl groups is 1. The van der Waals surface area contributed by atoms with E-state index in [1.54, 1.807) is 6.92 Å². The summed E-state index contributed by atoms with van der Waals surface area (Å²) in [5.41, 5.74) is 2.85. The van der Waals surface area contributed by atoms with Gasteiger partial charge in [-0.1, -0.05) is 17.7 Å². The average molecular weight is 278 g/mol. The largest absolute Gasteiger partial charge is 0.387 e. The summed E-state index contributed by atoms with van der Waals surface area (Å²) in [5, 5.41) is 13.0. The molecule has 1 rings (SSSR count). The van der Waals surface area contributed by atoms with Crippen molar-refractivity contribution in [3.8, 4) is 0 Å². The molecule has 0 saturated carbocycles. The lowest BCUT2D eigenvalue weighted by atomic mass is 9.98. The SMILES string of the molecule is Cc1cc(C)c(C(=O)NCC(C)(O)CN(C)C)c(C)c1. The number of aryl methyl sites for hydroxylation is 3. The number of likely N-dealkylation sites (N-methyl/N-ethyl adjacent to an activating group) is 1. The molecule has 1 aromatic rings. The Morgan fingerprint density at radius 1 is 1.25 bits per heavy atom. The van der Waals surface area contributed by atoms with Crippen LogP contribution in [0.4, 0.5) is 0 Å². The summed E-state index contributed by atoms with van der Waals surface area (Å²) in [4.78, 5) is 14.2. The second-order valence-corrected chi connectivity index (χ2v) is 6.19. The fourth-order valence-electron chi connectivity index (χ4n) is 2.63. The van der Waals surface area contributed by atoms with Gasteiger partial charge < -0.3 is 15.3 Å². The second-order valence-electron chi connectivity index (χ2n) is 6.19. The summed E-state index contributed by atoms with van der Waals surface area (Å²) in [6.45, 7) is 8.35. The van der Waals surface area contributed by atoms with Crippen molar-refractivity contribution in [3.05, 3.63) is 34.4 Å². The van der Waals surface area contributed by atoms with Crippen molar-refractivity contribution < 1.29 is 9.90 Å². The molecule has 0 aromatic heterocycles. The number of hydrogen-bond acceptors (Lipinski definition) is 3. The number of rotatable bonds is 5. The smallest absolute Gasteiger partial charge is 0.251 e. The van der Waals surface area contributed by atoms with Gasteiger partial charge in [-0.05, 0) is 52.9 Å². The van der Waals surface area contributed by atoms with Crippen LogP contribution in [-0.4, -0.2) is 48.7 Å². The van der Waals surface area contributed by atoms with E-state index in [-0.39, 0.29) is 12.5 Å². The molecule has 0 fully saturated rings. The Hall–Kier alpha value is -1.39. The molecule has 1 unspecified atom stereocenters. The Bertz CT molecular complexity index is 470. The molecule has 0 aliphatic carbocycles. The quantitative estimate of drug-likeness (QED) is 0.861. The zero-order valence-corrected chi connectivity index (χ0v) is 13.4. The van der Waals surface area contributed by atoms with Gasteiger partial charge in [-0.25, -0.2) is 0 Å². The molecule has 0 spiro atoms. The van der Waals surface area contributed by atoms with Crippen LogP contribution in [-0.2, 0) is 0 Å². The van der Waals surface area contributed by atoms with Crippen LogP contribution in [0, 0.1) is 20.8 Å². The van der Waals surface area contributed by atoms with Crippen molar-refractivity contribution in [1.82, 2.24) is 10.2 Å². The second kappa shape index (κ2) is 6.37. The molecule has 4 nitrogen and oxygen atoms in total. The summed E-state index contributed by atoms with van der Waals surface area (Å²) < 4.78 is 0. The molecule has 4 heteroatoms. The van der Waals surface area contributed by atoms with Crippen molar-refractivity contribution in [2.75, 3.05) is 27.2 Å². The summed E-state index contributed by atoms with van der Waals surface area (Å²) in [7, 11) is 3.79. The number of benzene rings is 1. The molecule has 1 atom stereocenters. The Kier molecular flexibility index (Phi) is 5.31. The number of amides is 1. The minimum absolute atomic E-state index is 0.126. The van der Waals surface area contributed by atoms with E-state index in [1.165, 1.54) is 0 Å². The van der Waals surface area contributed by atoms with Crippen molar-refractivity contribution in [2.45, 2.75) is 33.3 Å². The molecule has 20 heavy (non-hydrogen) atoms. The normalized spacial score (nSPS) is 14.2. The van der Waals surface area contributed by atoms with Gasteiger partial charge in [-0.2, -0.15) is 0 Å². The zero-order valence-electron chi connectivity index (χ0n) is 13.4. The minimum Gasteiger partial charge on any atom is -0.387 e. The lowest BCUT2D eigenvalue weighted by Gasteiger charge is -2.27. The van der Waals surface area contributed by atoms with Crippen LogP contribution in [0.3, 0.4) is 0 Å². The predicted molar refractivity (Wildman–Crippen MR) is 82.2 cm³/mol. The van der Waals surface area contributed by atoms with E-state index < -0.39 is 5.60 Å². The van der Waals surface area contributed by atoms with Gasteiger partial charge in [0.15, 0.2) is 0 Å². The van der Waals surface area contributed by atoms with Gasteiger partial charge in [0.1, 0.15) is 0 Å². The lowest BCUT2D eigenvalue weighted by molar-refractivity contribution is 0.0325. The van der Waals surface area contributed by atoms with Crippen LogP contribution >= 0.6 is 0 Å². The molecule has 2 N–H and O–H groups in total. The Morgan fingerprint density at radius 2 is 1.75 bits per heavy atom. The van der Waals surface area contributed by atoms with Crippen LogP contribution in [0.15, 0.2) is 12.1 Å². The molecular formula is C16H26N2O2. The highest BCUT2D eigenvalue weighted by molar-refractivity contribution is 5.97. The third kappa shape index (κ3) is 4.62. The standard InChI is InChI=1S/C16H26N2O2/c1-11-7-12(2)14(13(3)8-11)15(19)17-9-16(4,20)10-18(5)6/h7-8,20H,9-10H2,1-6H3,(H,17,19). The first-order valence-electron chi connectivity index (χ1n) is 6.85. The molecule has 1 aromatic carbocycles.